The molecule has 31 heavy (non-hydrogen) atoms. The number of ether oxygens (including phenoxy) is 1. The minimum Gasteiger partial charge on any atom is -0.467 e. The van der Waals surface area contributed by atoms with Gasteiger partial charge in [0.05, 0.1) is 23.9 Å². The van der Waals surface area contributed by atoms with Gasteiger partial charge in [-0.15, -0.1) is 11.3 Å². The van der Waals surface area contributed by atoms with Crippen LogP contribution in [0.15, 0.2) is 32.8 Å². The van der Waals surface area contributed by atoms with Gasteiger partial charge in [-0.1, -0.05) is 18.7 Å². The van der Waals surface area contributed by atoms with E-state index in [4.69, 9.17) is 14.1 Å². The lowest BCUT2D eigenvalue weighted by atomic mass is 9.89. The van der Waals surface area contributed by atoms with Crippen molar-refractivity contribution in [2.24, 2.45) is 5.92 Å². The molecule has 7 nitrogen and oxygen atoms in total. The van der Waals surface area contributed by atoms with Gasteiger partial charge < -0.3 is 14.5 Å². The third kappa shape index (κ3) is 5.05. The van der Waals surface area contributed by atoms with Gasteiger partial charge in [-0.3, -0.25) is 14.2 Å². The number of hydrogen-bond acceptors (Lipinski definition) is 7. The molecule has 4 rings (SSSR count). The predicted molar refractivity (Wildman–Crippen MR) is 123 cm³/mol. The van der Waals surface area contributed by atoms with E-state index in [0.717, 1.165) is 41.5 Å². The summed E-state index contributed by atoms with van der Waals surface area (Å²) >= 11 is 2.92. The molecule has 9 heteroatoms. The van der Waals surface area contributed by atoms with E-state index in [1.165, 1.54) is 16.6 Å². The molecule has 0 saturated heterocycles. The SMILES string of the molecule is COCCCNC(=O)CSc1nc2sc3c(c2c(=O)n1Cc1ccco1)CCC(C)C3. The van der Waals surface area contributed by atoms with Gasteiger partial charge in [-0.05, 0) is 49.3 Å². The highest BCUT2D eigenvalue weighted by atomic mass is 32.2. The molecule has 1 amide bonds. The van der Waals surface area contributed by atoms with E-state index >= 15 is 0 Å². The zero-order chi connectivity index (χ0) is 21.8. The molecule has 3 aromatic heterocycles. The van der Waals surface area contributed by atoms with E-state index in [1.54, 1.807) is 35.3 Å². The van der Waals surface area contributed by atoms with Crippen LogP contribution >= 0.6 is 23.1 Å². The Hall–Kier alpha value is -2.10. The van der Waals surface area contributed by atoms with Crippen molar-refractivity contribution in [1.82, 2.24) is 14.9 Å². The molecule has 1 atom stereocenters. The number of thiophene rings is 1. The molecule has 166 valence electrons. The van der Waals surface area contributed by atoms with Gasteiger partial charge in [0.15, 0.2) is 5.16 Å². The molecule has 1 aliphatic carbocycles. The number of nitrogens with zero attached hydrogens (tertiary/aromatic N) is 2. The molecule has 3 heterocycles. The maximum absolute atomic E-state index is 13.5. The monoisotopic (exact) mass is 461 g/mol. The van der Waals surface area contributed by atoms with Gasteiger partial charge in [-0.2, -0.15) is 0 Å². The van der Waals surface area contributed by atoms with Crippen molar-refractivity contribution < 1.29 is 13.9 Å². The molecular weight excluding hydrogens is 434 g/mol. The van der Waals surface area contributed by atoms with Crippen molar-refractivity contribution in [3.8, 4) is 0 Å². The van der Waals surface area contributed by atoms with Crippen LogP contribution in [-0.2, 0) is 28.9 Å². The Labute approximate surface area is 189 Å². The molecule has 0 bridgehead atoms. The molecule has 0 aliphatic heterocycles. The van der Waals surface area contributed by atoms with E-state index in [2.05, 4.69) is 12.2 Å². The van der Waals surface area contributed by atoms with Crippen molar-refractivity contribution in [1.29, 1.82) is 0 Å². The number of carbonyl (C=O) groups is 1. The van der Waals surface area contributed by atoms with Gasteiger partial charge in [0, 0.05) is 25.1 Å². The molecule has 1 N–H and O–H groups in total. The summed E-state index contributed by atoms with van der Waals surface area (Å²) in [7, 11) is 1.64. The summed E-state index contributed by atoms with van der Waals surface area (Å²) in [5.74, 6) is 1.43. The largest absolute Gasteiger partial charge is 0.467 e. The Bertz CT molecular complexity index is 1100. The summed E-state index contributed by atoms with van der Waals surface area (Å²) in [4.78, 5) is 32.7. The molecule has 0 aromatic carbocycles. The molecule has 0 fully saturated rings. The number of fused-ring (bicyclic) bond motifs is 3. The Morgan fingerprint density at radius 2 is 2.35 bits per heavy atom. The highest BCUT2D eigenvalue weighted by Gasteiger charge is 2.25. The van der Waals surface area contributed by atoms with Gasteiger partial charge in [0.1, 0.15) is 10.6 Å². The van der Waals surface area contributed by atoms with E-state index in [1.807, 2.05) is 6.07 Å². The lowest BCUT2D eigenvalue weighted by Crippen LogP contribution is -2.28. The lowest BCUT2D eigenvalue weighted by molar-refractivity contribution is -0.118. The summed E-state index contributed by atoms with van der Waals surface area (Å²) in [6.07, 6.45) is 5.38. The molecule has 0 saturated carbocycles. The van der Waals surface area contributed by atoms with Crippen LogP contribution in [0.5, 0.6) is 0 Å². The summed E-state index contributed by atoms with van der Waals surface area (Å²) in [6, 6.07) is 3.65. The second-order valence-corrected chi connectivity index (χ2v) is 9.91. The number of carbonyl (C=O) groups excluding carboxylic acids is 1. The minimum absolute atomic E-state index is 0.0449. The van der Waals surface area contributed by atoms with Crippen LogP contribution in [-0.4, -0.2) is 41.5 Å². The Morgan fingerprint density at radius 1 is 1.48 bits per heavy atom. The number of nitrogens with one attached hydrogen (secondary N) is 1. The summed E-state index contributed by atoms with van der Waals surface area (Å²) < 4.78 is 12.1. The Kier molecular flexibility index (Phi) is 7.14. The molecular formula is C22H27N3O4S2. The van der Waals surface area contributed by atoms with Gasteiger partial charge >= 0.3 is 0 Å². The van der Waals surface area contributed by atoms with Crippen molar-refractivity contribution in [2.45, 2.75) is 44.3 Å². The highest BCUT2D eigenvalue weighted by molar-refractivity contribution is 7.99. The first kappa shape index (κ1) is 22.1. The van der Waals surface area contributed by atoms with Crippen molar-refractivity contribution >= 4 is 39.2 Å². The standard InChI is InChI=1S/C22H27N3O4S2/c1-14-6-7-16-17(11-14)31-20-19(16)21(27)25(12-15-5-3-10-29-15)22(24-20)30-13-18(26)23-8-4-9-28-2/h3,5,10,14H,4,6-9,11-13H2,1-2H3,(H,23,26). The van der Waals surface area contributed by atoms with Crippen molar-refractivity contribution in [3.05, 3.63) is 45.0 Å². The lowest BCUT2D eigenvalue weighted by Gasteiger charge is -2.17. The van der Waals surface area contributed by atoms with E-state index < -0.39 is 0 Å². The third-order valence-electron chi connectivity index (χ3n) is 5.45. The second-order valence-electron chi connectivity index (χ2n) is 7.88. The number of hydrogen-bond donors (Lipinski definition) is 1. The average Bonchev–Trinajstić information content (AvgIpc) is 3.39. The van der Waals surface area contributed by atoms with Crippen LogP contribution in [0.4, 0.5) is 0 Å². The third-order valence-corrected chi connectivity index (χ3v) is 7.58. The van der Waals surface area contributed by atoms with Crippen LogP contribution in [0, 0.1) is 5.92 Å². The maximum atomic E-state index is 13.5. The molecule has 0 radical (unpaired) electrons. The van der Waals surface area contributed by atoms with Gasteiger partial charge in [0.2, 0.25) is 5.91 Å². The summed E-state index contributed by atoms with van der Waals surface area (Å²) in [6.45, 7) is 3.72. The van der Waals surface area contributed by atoms with Gasteiger partial charge in [-0.25, -0.2) is 4.98 Å². The Morgan fingerprint density at radius 3 is 3.13 bits per heavy atom. The van der Waals surface area contributed by atoms with E-state index in [-0.39, 0.29) is 17.2 Å². The molecule has 1 unspecified atom stereocenters. The van der Waals surface area contributed by atoms with Gasteiger partial charge in [0.25, 0.3) is 5.56 Å². The first-order valence-corrected chi connectivity index (χ1v) is 12.3. The summed E-state index contributed by atoms with van der Waals surface area (Å²) in [5.41, 5.74) is 1.12. The fraction of sp³-hybridized carbons (Fsp3) is 0.500. The quantitative estimate of drug-likeness (QED) is 0.298. The predicted octanol–water partition coefficient (Wildman–Crippen LogP) is 3.47. The van der Waals surface area contributed by atoms with E-state index in [0.29, 0.717) is 36.5 Å². The smallest absolute Gasteiger partial charge is 0.263 e. The number of thioether (sulfide) groups is 1. The number of amides is 1. The van der Waals surface area contributed by atoms with Crippen LogP contribution < -0.4 is 10.9 Å². The fourth-order valence-corrected chi connectivity index (χ4v) is 6.09. The molecule has 1 aliphatic rings. The van der Waals surface area contributed by atoms with Crippen LogP contribution in [0.1, 0.15) is 36.0 Å². The minimum atomic E-state index is -0.0840. The van der Waals surface area contributed by atoms with E-state index in [9.17, 15) is 9.59 Å². The number of aryl methyl sites for hydroxylation is 1. The number of furan rings is 1. The van der Waals surface area contributed by atoms with Crippen molar-refractivity contribution in [2.75, 3.05) is 26.0 Å². The first-order valence-electron chi connectivity index (χ1n) is 10.5. The highest BCUT2D eigenvalue weighted by Crippen LogP contribution is 2.36. The number of aromatic nitrogens is 2. The fourth-order valence-electron chi connectivity index (χ4n) is 3.84. The Balaban J connectivity index is 1.63. The second kappa shape index (κ2) is 10.0. The van der Waals surface area contributed by atoms with Crippen molar-refractivity contribution in [3.63, 3.8) is 0 Å². The first-order chi connectivity index (χ1) is 15.1. The van der Waals surface area contributed by atoms with Crippen LogP contribution in [0.3, 0.4) is 0 Å². The zero-order valence-corrected chi connectivity index (χ0v) is 19.4. The average molecular weight is 462 g/mol. The van der Waals surface area contributed by atoms with Crippen LogP contribution in [0.25, 0.3) is 10.2 Å². The summed E-state index contributed by atoms with van der Waals surface area (Å²) in [5, 5.41) is 4.17. The van der Waals surface area contributed by atoms with Crippen LogP contribution in [0.2, 0.25) is 0 Å². The number of rotatable bonds is 9. The zero-order valence-electron chi connectivity index (χ0n) is 17.8. The maximum Gasteiger partial charge on any atom is 0.263 e. The topological polar surface area (TPSA) is 86.4 Å². The normalized spacial score (nSPS) is 15.9. The molecule has 0 spiro atoms. The number of methoxy groups -OCH3 is 1. The molecule has 3 aromatic rings.